The summed E-state index contributed by atoms with van der Waals surface area (Å²) < 4.78 is 5.45. The molecule has 0 aliphatic carbocycles. The molecule has 11 heteroatoms. The van der Waals surface area contributed by atoms with Gasteiger partial charge in [-0.1, -0.05) is 0 Å². The van der Waals surface area contributed by atoms with Gasteiger partial charge in [0.05, 0.1) is 59.1 Å². The van der Waals surface area contributed by atoms with E-state index in [1.54, 1.807) is 12.6 Å². The first kappa shape index (κ1) is 21.2. The molecule has 1 fully saturated rings. The summed E-state index contributed by atoms with van der Waals surface area (Å²) in [5, 5.41) is 5.23. The van der Waals surface area contributed by atoms with Gasteiger partial charge in [-0.05, 0) is 18.2 Å². The molecule has 5 rings (SSSR count). The molecular formula is C22H24N8O2S. The molecular weight excluding hydrogens is 440 g/mol. The van der Waals surface area contributed by atoms with Gasteiger partial charge in [0.25, 0.3) is 5.56 Å². The van der Waals surface area contributed by atoms with Crippen molar-refractivity contribution in [3.8, 4) is 11.4 Å². The molecule has 0 spiro atoms. The maximum Gasteiger partial charge on any atom is 0.261 e. The Morgan fingerprint density at radius 2 is 2.18 bits per heavy atom. The zero-order valence-electron chi connectivity index (χ0n) is 18.1. The van der Waals surface area contributed by atoms with Gasteiger partial charge in [-0.3, -0.25) is 9.79 Å². The third kappa shape index (κ3) is 4.20. The number of morpholine rings is 1. The molecule has 0 bridgehead atoms. The Hall–Kier alpha value is -3.70. The van der Waals surface area contributed by atoms with Gasteiger partial charge in [0.15, 0.2) is 0 Å². The van der Waals surface area contributed by atoms with E-state index in [1.165, 1.54) is 17.6 Å². The number of nitrogens with zero attached hydrogens (tertiary/aromatic N) is 4. The van der Waals surface area contributed by atoms with Crippen LogP contribution in [0, 0.1) is 0 Å². The number of ether oxygens (including phenoxy) is 1. The summed E-state index contributed by atoms with van der Waals surface area (Å²) in [6, 6.07) is 6.05. The highest BCUT2D eigenvalue weighted by atomic mass is 32.1. The largest absolute Gasteiger partial charge is 0.395 e. The van der Waals surface area contributed by atoms with E-state index in [1.807, 2.05) is 17.5 Å². The Morgan fingerprint density at radius 3 is 2.94 bits per heavy atom. The van der Waals surface area contributed by atoms with Gasteiger partial charge in [-0.15, -0.1) is 11.3 Å². The van der Waals surface area contributed by atoms with Crippen LogP contribution >= 0.6 is 11.3 Å². The maximum absolute atomic E-state index is 13.1. The number of fused-ring (bicyclic) bond motifs is 1. The van der Waals surface area contributed by atoms with Crippen molar-refractivity contribution >= 4 is 45.6 Å². The highest BCUT2D eigenvalue weighted by Gasteiger charge is 2.20. The van der Waals surface area contributed by atoms with Crippen LogP contribution in [-0.4, -0.2) is 59.5 Å². The van der Waals surface area contributed by atoms with E-state index >= 15 is 0 Å². The minimum atomic E-state index is -0.313. The van der Waals surface area contributed by atoms with E-state index in [-0.39, 0.29) is 5.56 Å². The van der Waals surface area contributed by atoms with Crippen molar-refractivity contribution in [2.24, 2.45) is 4.99 Å². The average molecular weight is 465 g/mol. The number of aromatic nitrogens is 4. The van der Waals surface area contributed by atoms with Gasteiger partial charge in [-0.25, -0.2) is 9.97 Å². The van der Waals surface area contributed by atoms with Crippen LogP contribution in [0.1, 0.15) is 11.4 Å². The lowest BCUT2D eigenvalue weighted by Gasteiger charge is -2.28. The normalized spacial score (nSPS) is 14.4. The minimum Gasteiger partial charge on any atom is -0.395 e. The number of rotatable bonds is 6. The first-order valence-corrected chi connectivity index (χ1v) is 11.5. The molecule has 0 unspecified atom stereocenters. The third-order valence-corrected chi connectivity index (χ3v) is 6.19. The van der Waals surface area contributed by atoms with Gasteiger partial charge in [-0.2, -0.15) is 0 Å². The predicted octanol–water partition coefficient (Wildman–Crippen LogP) is 2.45. The number of thiazole rings is 1. The fourth-order valence-corrected chi connectivity index (χ4v) is 4.47. The van der Waals surface area contributed by atoms with Crippen molar-refractivity contribution in [1.29, 1.82) is 0 Å². The SMILES string of the molecule is CN=Cc1[nH]c(=O)c(-c2nc3ccc(N4CCOCC4)cc3[nH]2)c(NCc2cscn2)c1N. The summed E-state index contributed by atoms with van der Waals surface area (Å²) in [5.74, 6) is 0.442. The first-order chi connectivity index (χ1) is 16.1. The highest BCUT2D eigenvalue weighted by Crippen LogP contribution is 2.32. The number of hydrogen-bond acceptors (Lipinski definition) is 9. The monoisotopic (exact) mass is 464 g/mol. The fraction of sp³-hybridized carbons (Fsp3) is 0.273. The van der Waals surface area contributed by atoms with Crippen molar-refractivity contribution in [3.63, 3.8) is 0 Å². The van der Waals surface area contributed by atoms with Gasteiger partial charge in [0.2, 0.25) is 0 Å². The summed E-state index contributed by atoms with van der Waals surface area (Å²) in [4.78, 5) is 34.5. The number of nitrogen functional groups attached to an aromatic ring is 1. The quantitative estimate of drug-likeness (QED) is 0.322. The van der Waals surface area contributed by atoms with Crippen molar-refractivity contribution in [2.45, 2.75) is 6.54 Å². The zero-order valence-corrected chi connectivity index (χ0v) is 18.9. The zero-order chi connectivity index (χ0) is 22.8. The van der Waals surface area contributed by atoms with Crippen LogP contribution in [0.2, 0.25) is 0 Å². The number of anilines is 3. The molecule has 0 amide bonds. The van der Waals surface area contributed by atoms with Crippen LogP contribution in [0.4, 0.5) is 17.1 Å². The van der Waals surface area contributed by atoms with Gasteiger partial charge in [0, 0.05) is 37.4 Å². The number of imidazole rings is 1. The van der Waals surface area contributed by atoms with Crippen molar-refractivity contribution in [2.75, 3.05) is 49.3 Å². The van der Waals surface area contributed by atoms with Crippen LogP contribution < -0.4 is 21.5 Å². The molecule has 4 heterocycles. The second-order valence-electron chi connectivity index (χ2n) is 7.64. The molecule has 33 heavy (non-hydrogen) atoms. The van der Waals surface area contributed by atoms with Crippen molar-refractivity contribution in [3.05, 3.63) is 50.8 Å². The standard InChI is InChI=1S/C22H24N8O2S/c1-24-10-17-19(23)20(25-9-13-11-33-12-26-13)18(22(31)29-17)21-27-15-3-2-14(8-16(15)28-21)30-4-6-32-7-5-30/h2-3,8,10-12H,4-7,9,23H2,1H3,(H,27,28)(H2,25,29,31). The van der Waals surface area contributed by atoms with E-state index < -0.39 is 0 Å². The number of hydrogen-bond donors (Lipinski definition) is 4. The molecule has 1 aliphatic heterocycles. The molecule has 1 aromatic carbocycles. The summed E-state index contributed by atoms with van der Waals surface area (Å²) in [5.41, 5.74) is 13.1. The molecule has 4 aromatic rings. The first-order valence-electron chi connectivity index (χ1n) is 10.6. The number of nitrogens with two attached hydrogens (primary N) is 1. The van der Waals surface area contributed by atoms with E-state index in [2.05, 4.69) is 36.2 Å². The summed E-state index contributed by atoms with van der Waals surface area (Å²) in [6.45, 7) is 3.53. The lowest BCUT2D eigenvalue weighted by atomic mass is 10.1. The highest BCUT2D eigenvalue weighted by molar-refractivity contribution is 7.07. The number of pyridine rings is 1. The molecule has 0 atom stereocenters. The Morgan fingerprint density at radius 1 is 1.33 bits per heavy atom. The second kappa shape index (κ2) is 9.04. The molecule has 10 nitrogen and oxygen atoms in total. The van der Waals surface area contributed by atoms with E-state index in [9.17, 15) is 4.79 Å². The topological polar surface area (TPSA) is 137 Å². The average Bonchev–Trinajstić information content (AvgIpc) is 3.50. The van der Waals surface area contributed by atoms with Gasteiger partial charge >= 0.3 is 0 Å². The van der Waals surface area contributed by atoms with E-state index in [0.29, 0.717) is 48.2 Å². The van der Waals surface area contributed by atoms with Gasteiger partial charge < -0.3 is 30.7 Å². The number of aliphatic imine (C=N–C) groups is 1. The van der Waals surface area contributed by atoms with E-state index in [4.69, 9.17) is 15.5 Å². The summed E-state index contributed by atoms with van der Waals surface area (Å²) >= 11 is 1.51. The van der Waals surface area contributed by atoms with Crippen LogP contribution in [0.5, 0.6) is 0 Å². The Kier molecular flexibility index (Phi) is 5.80. The maximum atomic E-state index is 13.1. The number of benzene rings is 1. The van der Waals surface area contributed by atoms with Crippen LogP contribution in [0.15, 0.2) is 38.9 Å². The third-order valence-electron chi connectivity index (χ3n) is 5.55. The summed E-state index contributed by atoms with van der Waals surface area (Å²) in [7, 11) is 1.62. The van der Waals surface area contributed by atoms with Crippen LogP contribution in [0.25, 0.3) is 22.4 Å². The van der Waals surface area contributed by atoms with Crippen LogP contribution in [0.3, 0.4) is 0 Å². The number of H-pyrrole nitrogens is 2. The van der Waals surface area contributed by atoms with Crippen LogP contribution in [-0.2, 0) is 11.3 Å². The Labute approximate surface area is 193 Å². The predicted molar refractivity (Wildman–Crippen MR) is 133 cm³/mol. The lowest BCUT2D eigenvalue weighted by Crippen LogP contribution is -2.36. The molecule has 1 aliphatic rings. The Balaban J connectivity index is 1.58. The lowest BCUT2D eigenvalue weighted by molar-refractivity contribution is 0.122. The van der Waals surface area contributed by atoms with Gasteiger partial charge in [0.1, 0.15) is 11.4 Å². The smallest absolute Gasteiger partial charge is 0.261 e. The molecule has 0 radical (unpaired) electrons. The number of nitrogens with one attached hydrogen (secondary N) is 3. The molecule has 5 N–H and O–H groups in total. The van der Waals surface area contributed by atoms with Crippen molar-refractivity contribution < 1.29 is 4.74 Å². The van der Waals surface area contributed by atoms with Crippen molar-refractivity contribution in [1.82, 2.24) is 19.9 Å². The Bertz CT molecular complexity index is 1350. The molecule has 3 aromatic heterocycles. The number of aromatic amines is 2. The minimum absolute atomic E-state index is 0.313. The molecule has 170 valence electrons. The fourth-order valence-electron chi connectivity index (χ4n) is 3.91. The second-order valence-corrected chi connectivity index (χ2v) is 8.36. The molecule has 0 saturated carbocycles. The summed E-state index contributed by atoms with van der Waals surface area (Å²) in [6.07, 6.45) is 1.53. The van der Waals surface area contributed by atoms with E-state index in [0.717, 1.165) is 35.5 Å². The molecule has 1 saturated heterocycles.